The molecule has 0 fully saturated rings. The Balaban J connectivity index is 1.40. The fourth-order valence-corrected chi connectivity index (χ4v) is 11.7. The fraction of sp³-hybridized carbons (Fsp3) is 0.400. The molecule has 6 nitrogen and oxygen atoms in total. The molecular formula is C60H72O6P2. The zero-order valence-electron chi connectivity index (χ0n) is 44.3. The van der Waals surface area contributed by atoms with E-state index in [4.69, 9.17) is 25.8 Å². The van der Waals surface area contributed by atoms with Crippen molar-refractivity contribution in [2.45, 2.75) is 160 Å². The molecule has 0 aliphatic heterocycles. The summed E-state index contributed by atoms with van der Waals surface area (Å²) in [6.07, 6.45) is 0. The van der Waals surface area contributed by atoms with E-state index in [0.717, 1.165) is 77.3 Å². The third-order valence-electron chi connectivity index (χ3n) is 14.0. The van der Waals surface area contributed by atoms with Crippen LogP contribution in [-0.2, 0) is 21.7 Å². The molecule has 0 spiro atoms. The smallest absolute Gasteiger partial charge is 0.390 e. The first kappa shape index (κ1) is 49.2. The van der Waals surface area contributed by atoms with E-state index in [-0.39, 0.29) is 21.7 Å². The second kappa shape index (κ2) is 17.3. The molecule has 0 aliphatic rings. The minimum Gasteiger partial charge on any atom is -0.390 e. The van der Waals surface area contributed by atoms with Crippen molar-refractivity contribution in [2.75, 3.05) is 0 Å². The van der Waals surface area contributed by atoms with Crippen LogP contribution in [0.3, 0.4) is 0 Å². The van der Waals surface area contributed by atoms with Gasteiger partial charge in [0.05, 0.1) is 0 Å². The second-order valence-corrected chi connectivity index (χ2v) is 25.3. The van der Waals surface area contributed by atoms with Crippen molar-refractivity contribution >= 4 is 60.4 Å². The van der Waals surface area contributed by atoms with Crippen LogP contribution < -0.4 is 9.05 Å². The Bertz CT molecular complexity index is 3010. The predicted octanol–water partition coefficient (Wildman–Crippen LogP) is 19.9. The molecule has 0 amide bonds. The van der Waals surface area contributed by atoms with E-state index >= 15 is 0 Å². The summed E-state index contributed by atoms with van der Waals surface area (Å²) in [5.41, 5.74) is 18.0. The molecule has 2 heterocycles. The van der Waals surface area contributed by atoms with Gasteiger partial charge in [0.2, 0.25) is 0 Å². The molecule has 6 aromatic carbocycles. The van der Waals surface area contributed by atoms with Crippen LogP contribution in [0, 0.1) is 55.4 Å². The molecule has 68 heavy (non-hydrogen) atoms. The molecule has 0 saturated heterocycles. The number of para-hydroxylation sites is 2. The first-order valence-corrected chi connectivity index (χ1v) is 26.2. The standard InChI is InChI=1S/C60H72O6P2/c1-33-29-43(57(9,10)11)53-49(37(33)5)50-38(6)34(2)30-44(58(12,13)14)54(50)64-67(63-53)61-47-27-23-21-25-41(47)42-26-22-24-28-48(42)62-68-65-55-45(59(15,16)17)31-35(3)39(7)51(55)52-40(8)36(4)32-46(56(52)66-68)60(18,19)20/h21-32H,1-20H3. The Hall–Kier alpha value is -5.28. The van der Waals surface area contributed by atoms with E-state index in [1.165, 1.54) is 44.5 Å². The Morgan fingerprint density at radius 3 is 0.779 bits per heavy atom. The van der Waals surface area contributed by atoms with E-state index < -0.39 is 16.5 Å². The van der Waals surface area contributed by atoms with Crippen molar-refractivity contribution in [1.82, 2.24) is 0 Å². The monoisotopic (exact) mass is 950 g/mol. The van der Waals surface area contributed by atoms with Gasteiger partial charge in [0.25, 0.3) is 0 Å². The van der Waals surface area contributed by atoms with E-state index in [2.05, 4.69) is 175 Å². The van der Waals surface area contributed by atoms with Gasteiger partial charge in [-0.05, 0) is 134 Å². The summed E-state index contributed by atoms with van der Waals surface area (Å²) in [4.78, 5) is 0. The van der Waals surface area contributed by atoms with Crippen molar-refractivity contribution in [3.05, 3.63) is 140 Å². The molecule has 0 bridgehead atoms. The molecule has 8 aromatic rings. The van der Waals surface area contributed by atoms with Gasteiger partial charge in [-0.1, -0.05) is 144 Å². The minimum atomic E-state index is -2.04. The second-order valence-electron chi connectivity index (χ2n) is 23.3. The van der Waals surface area contributed by atoms with E-state index in [1.54, 1.807) is 0 Å². The highest BCUT2D eigenvalue weighted by molar-refractivity contribution is 7.32. The van der Waals surface area contributed by atoms with Gasteiger partial charge in [-0.15, -0.1) is 0 Å². The van der Waals surface area contributed by atoms with Crippen molar-refractivity contribution in [2.24, 2.45) is 0 Å². The van der Waals surface area contributed by atoms with Crippen LogP contribution >= 0.6 is 16.5 Å². The highest BCUT2D eigenvalue weighted by atomic mass is 31.1. The molecule has 8 rings (SSSR count). The summed E-state index contributed by atoms with van der Waals surface area (Å²) >= 11 is 0. The average Bonchev–Trinajstić information content (AvgIpc) is 3.51. The largest absolute Gasteiger partial charge is 0.453 e. The quantitative estimate of drug-likeness (QED) is 0.171. The van der Waals surface area contributed by atoms with Gasteiger partial charge in [-0.3, -0.25) is 0 Å². The summed E-state index contributed by atoms with van der Waals surface area (Å²) in [5, 5.41) is 4.30. The molecule has 0 radical (unpaired) electrons. The highest BCUT2D eigenvalue weighted by Gasteiger charge is 2.30. The van der Waals surface area contributed by atoms with E-state index in [0.29, 0.717) is 11.5 Å². The van der Waals surface area contributed by atoms with E-state index in [9.17, 15) is 0 Å². The molecule has 2 aromatic heterocycles. The van der Waals surface area contributed by atoms with Gasteiger partial charge in [-0.2, -0.15) is 0 Å². The summed E-state index contributed by atoms with van der Waals surface area (Å²) in [7, 11) is -4.08. The number of aryl methyl sites for hydroxylation is 8. The van der Waals surface area contributed by atoms with Gasteiger partial charge in [0, 0.05) is 54.9 Å². The molecule has 0 saturated carbocycles. The Morgan fingerprint density at radius 2 is 0.559 bits per heavy atom. The van der Waals surface area contributed by atoms with Crippen LogP contribution in [0.4, 0.5) is 0 Å². The summed E-state index contributed by atoms with van der Waals surface area (Å²) < 4.78 is 43.0. The van der Waals surface area contributed by atoms with Crippen LogP contribution in [-0.4, -0.2) is 0 Å². The average molecular weight is 951 g/mol. The lowest BCUT2D eigenvalue weighted by atomic mass is 9.81. The molecule has 0 aliphatic carbocycles. The zero-order valence-corrected chi connectivity index (χ0v) is 46.1. The molecule has 0 N–H and O–H groups in total. The topological polar surface area (TPSA) is 71.0 Å². The maximum absolute atomic E-state index is 7.19. The van der Waals surface area contributed by atoms with Crippen molar-refractivity contribution in [3.63, 3.8) is 0 Å². The van der Waals surface area contributed by atoms with Gasteiger partial charge in [0.15, 0.2) is 0 Å². The van der Waals surface area contributed by atoms with Gasteiger partial charge < -0.3 is 25.8 Å². The normalized spacial score (nSPS) is 12.7. The number of fused-ring (bicyclic) bond motifs is 6. The maximum Gasteiger partial charge on any atom is 0.453 e. The first-order chi connectivity index (χ1) is 31.6. The lowest BCUT2D eigenvalue weighted by Gasteiger charge is -2.23. The number of benzene rings is 6. The number of rotatable bonds is 5. The van der Waals surface area contributed by atoms with Crippen LogP contribution in [0.15, 0.2) is 89.6 Å². The van der Waals surface area contributed by atoms with Crippen LogP contribution in [0.1, 0.15) is 150 Å². The SMILES string of the molecule is Cc1cc(C(C)(C)C)c2op(Oc3ccccc3-c3ccccc3Op3oc4c(C(C)(C)C)cc(C)c(C)c4c4c(C)c(C)cc(C(C)(C)C)c4o3)oc3c(C(C)(C)C)cc(C)c(C)c3c2c1C. The summed E-state index contributed by atoms with van der Waals surface area (Å²) in [6, 6.07) is 25.3. The first-order valence-electron chi connectivity index (χ1n) is 24.0. The van der Waals surface area contributed by atoms with Crippen LogP contribution in [0.2, 0.25) is 0 Å². The predicted molar refractivity (Wildman–Crippen MR) is 289 cm³/mol. The maximum atomic E-state index is 7.19. The van der Waals surface area contributed by atoms with Gasteiger partial charge in [0.1, 0.15) is 33.8 Å². The van der Waals surface area contributed by atoms with Crippen LogP contribution in [0.5, 0.6) is 11.5 Å². The Labute approximate surface area is 406 Å². The lowest BCUT2D eigenvalue weighted by molar-refractivity contribution is 0.485. The van der Waals surface area contributed by atoms with Crippen molar-refractivity contribution in [3.8, 4) is 22.6 Å². The van der Waals surface area contributed by atoms with Crippen molar-refractivity contribution in [1.29, 1.82) is 0 Å². The molecular weight excluding hydrogens is 879 g/mol. The minimum absolute atomic E-state index is 0.228. The summed E-state index contributed by atoms with van der Waals surface area (Å²) in [5.74, 6) is 1.21. The highest BCUT2D eigenvalue weighted by Crippen LogP contribution is 2.51. The number of hydrogen-bond acceptors (Lipinski definition) is 6. The van der Waals surface area contributed by atoms with Gasteiger partial charge >= 0.3 is 16.5 Å². The lowest BCUT2D eigenvalue weighted by Crippen LogP contribution is -2.13. The third-order valence-corrected chi connectivity index (χ3v) is 16.0. The summed E-state index contributed by atoms with van der Waals surface area (Å²) in [6.45, 7) is 44.5. The zero-order chi connectivity index (χ0) is 49.7. The molecule has 0 unspecified atom stereocenters. The van der Waals surface area contributed by atoms with Crippen molar-refractivity contribution < 1.29 is 25.8 Å². The number of hydrogen-bond donors (Lipinski definition) is 0. The fourth-order valence-electron chi connectivity index (χ4n) is 9.49. The van der Waals surface area contributed by atoms with Gasteiger partial charge in [-0.25, -0.2) is 0 Å². The Kier molecular flexibility index (Phi) is 12.5. The van der Waals surface area contributed by atoms with E-state index in [1.807, 2.05) is 36.4 Å². The van der Waals surface area contributed by atoms with Crippen LogP contribution in [0.25, 0.3) is 55.0 Å². The third kappa shape index (κ3) is 8.82. The molecule has 8 heteroatoms. The Morgan fingerprint density at radius 1 is 0.338 bits per heavy atom. The molecule has 358 valence electrons. The molecule has 0 atom stereocenters.